The van der Waals surface area contributed by atoms with Gasteiger partial charge in [0.1, 0.15) is 11.6 Å². The largest absolute Gasteiger partial charge is 0.492 e. The maximum Gasteiger partial charge on any atom is 0.341 e. The van der Waals surface area contributed by atoms with Gasteiger partial charge in [-0.2, -0.15) is 5.10 Å². The van der Waals surface area contributed by atoms with E-state index >= 15 is 0 Å². The first-order valence-corrected chi connectivity index (χ1v) is 9.09. The van der Waals surface area contributed by atoms with Gasteiger partial charge in [-0.3, -0.25) is 0 Å². The summed E-state index contributed by atoms with van der Waals surface area (Å²) in [5.74, 6) is 0.108. The Hall–Kier alpha value is -2.89. The summed E-state index contributed by atoms with van der Waals surface area (Å²) in [4.78, 5) is 14.8. The van der Waals surface area contributed by atoms with E-state index in [0.29, 0.717) is 23.6 Å². The van der Waals surface area contributed by atoms with E-state index in [1.807, 2.05) is 44.2 Å². The van der Waals surface area contributed by atoms with Gasteiger partial charge in [-0.05, 0) is 37.6 Å². The third-order valence-electron chi connectivity index (χ3n) is 5.26. The minimum absolute atomic E-state index is 0.0396. The molecule has 0 bridgehead atoms. The Bertz CT molecular complexity index is 898. The van der Waals surface area contributed by atoms with E-state index in [4.69, 9.17) is 4.74 Å². The number of hydrazone groups is 1. The molecule has 0 fully saturated rings. The van der Waals surface area contributed by atoms with Gasteiger partial charge in [0.2, 0.25) is 0 Å². The van der Waals surface area contributed by atoms with E-state index < -0.39 is 0 Å². The molecule has 2 aliphatic heterocycles. The number of carbonyl (C=O) groups excluding carboxylic acids is 1. The van der Waals surface area contributed by atoms with Crippen LogP contribution in [0.25, 0.3) is 0 Å². The first-order valence-electron chi connectivity index (χ1n) is 9.09. The fourth-order valence-electron chi connectivity index (χ4n) is 3.57. The molecule has 0 saturated heterocycles. The number of benzene rings is 2. The number of carbonyl (C=O) groups is 1. The average Bonchev–Trinajstić information content (AvgIpc) is 3.07. The second-order valence-electron chi connectivity index (χ2n) is 7.23. The zero-order valence-corrected chi connectivity index (χ0v) is 15.6. The molecule has 27 heavy (non-hydrogen) atoms. The lowest BCUT2D eigenvalue weighted by atomic mass is 9.86. The minimum Gasteiger partial charge on any atom is -0.492 e. The highest BCUT2D eigenvalue weighted by Crippen LogP contribution is 2.43. The van der Waals surface area contributed by atoms with Crippen molar-refractivity contribution in [1.82, 2.24) is 9.91 Å². The summed E-state index contributed by atoms with van der Waals surface area (Å²) in [6.45, 7) is 4.31. The number of nitrogens with zero attached hydrogens (tertiary/aromatic N) is 3. The molecule has 0 aromatic heterocycles. The zero-order valence-electron chi connectivity index (χ0n) is 15.6. The number of hydrogen-bond acceptors (Lipinski definition) is 3. The van der Waals surface area contributed by atoms with E-state index in [1.54, 1.807) is 18.0 Å². The molecule has 4 rings (SSSR count). The molecule has 140 valence electrons. The van der Waals surface area contributed by atoms with Crippen LogP contribution in [0.15, 0.2) is 53.6 Å². The monoisotopic (exact) mass is 367 g/mol. The van der Waals surface area contributed by atoms with E-state index in [9.17, 15) is 9.18 Å². The standard InChI is InChI=1S/C21H22FN3O2/c1-13(2)24(3)21(26)25-20(14-7-5-4-6-8-14)17-12-27-18-10-9-15(22)11-16(18)19(17)23-25/h4-11,13,17,20H,12H2,1-3H3/t17-,20+/m0/s1. The van der Waals surface area contributed by atoms with Crippen LogP contribution in [0.1, 0.15) is 31.0 Å². The molecule has 0 spiro atoms. The van der Waals surface area contributed by atoms with Crippen molar-refractivity contribution in [2.75, 3.05) is 13.7 Å². The molecule has 5 nitrogen and oxygen atoms in total. The summed E-state index contributed by atoms with van der Waals surface area (Å²) in [6, 6.07) is 13.8. The van der Waals surface area contributed by atoms with Crippen LogP contribution in [0.4, 0.5) is 9.18 Å². The van der Waals surface area contributed by atoms with Gasteiger partial charge in [0.15, 0.2) is 0 Å². The van der Waals surface area contributed by atoms with Crippen molar-refractivity contribution < 1.29 is 13.9 Å². The Kier molecular flexibility index (Phi) is 4.34. The molecule has 6 heteroatoms. The highest BCUT2D eigenvalue weighted by atomic mass is 19.1. The Labute approximate surface area is 158 Å². The predicted octanol–water partition coefficient (Wildman–Crippen LogP) is 4.06. The number of rotatable bonds is 2. The first-order chi connectivity index (χ1) is 13.0. The molecule has 2 atom stereocenters. The summed E-state index contributed by atoms with van der Waals surface area (Å²) in [7, 11) is 1.77. The summed E-state index contributed by atoms with van der Waals surface area (Å²) in [5, 5.41) is 6.19. The van der Waals surface area contributed by atoms with Gasteiger partial charge in [-0.15, -0.1) is 0 Å². The van der Waals surface area contributed by atoms with Crippen LogP contribution >= 0.6 is 0 Å². The Morgan fingerprint density at radius 3 is 2.70 bits per heavy atom. The van der Waals surface area contributed by atoms with E-state index in [2.05, 4.69) is 5.10 Å². The summed E-state index contributed by atoms with van der Waals surface area (Å²) >= 11 is 0. The van der Waals surface area contributed by atoms with Gasteiger partial charge < -0.3 is 9.64 Å². The molecular formula is C21H22FN3O2. The number of urea groups is 1. The van der Waals surface area contributed by atoms with Crippen molar-refractivity contribution in [3.05, 3.63) is 65.5 Å². The molecule has 2 amide bonds. The Morgan fingerprint density at radius 2 is 2.00 bits per heavy atom. The molecule has 0 unspecified atom stereocenters. The Morgan fingerprint density at radius 1 is 1.26 bits per heavy atom. The second kappa shape index (κ2) is 6.68. The molecular weight excluding hydrogens is 345 g/mol. The van der Waals surface area contributed by atoms with E-state index in [1.165, 1.54) is 17.1 Å². The average molecular weight is 367 g/mol. The van der Waals surface area contributed by atoms with E-state index in [-0.39, 0.29) is 29.8 Å². The maximum absolute atomic E-state index is 13.9. The summed E-state index contributed by atoms with van der Waals surface area (Å²) in [6.07, 6.45) is 0. The molecule has 0 saturated carbocycles. The van der Waals surface area contributed by atoms with Crippen molar-refractivity contribution in [3.63, 3.8) is 0 Å². The van der Waals surface area contributed by atoms with Crippen LogP contribution in [0, 0.1) is 11.7 Å². The topological polar surface area (TPSA) is 45.1 Å². The number of hydrogen-bond donors (Lipinski definition) is 0. The van der Waals surface area contributed by atoms with Crippen LogP contribution in [0.3, 0.4) is 0 Å². The van der Waals surface area contributed by atoms with Crippen LogP contribution < -0.4 is 4.74 Å². The zero-order chi connectivity index (χ0) is 19.1. The highest BCUT2D eigenvalue weighted by Gasteiger charge is 2.46. The van der Waals surface area contributed by atoms with Gasteiger partial charge >= 0.3 is 6.03 Å². The van der Waals surface area contributed by atoms with Gasteiger partial charge in [0, 0.05) is 18.7 Å². The van der Waals surface area contributed by atoms with E-state index in [0.717, 1.165) is 5.56 Å². The molecule has 0 N–H and O–H groups in total. The van der Waals surface area contributed by atoms with Crippen LogP contribution in [-0.4, -0.2) is 41.3 Å². The molecule has 0 radical (unpaired) electrons. The first kappa shape index (κ1) is 17.5. The quantitative estimate of drug-likeness (QED) is 0.804. The van der Waals surface area contributed by atoms with Crippen LogP contribution in [-0.2, 0) is 0 Å². The third kappa shape index (κ3) is 2.95. The molecule has 0 aliphatic carbocycles. The Balaban J connectivity index is 1.81. The van der Waals surface area contributed by atoms with Crippen LogP contribution in [0.2, 0.25) is 0 Å². The normalized spacial score (nSPS) is 20.6. The van der Waals surface area contributed by atoms with Gasteiger partial charge in [0.05, 0.1) is 24.3 Å². The number of ether oxygens (including phenoxy) is 1. The predicted molar refractivity (Wildman–Crippen MR) is 101 cm³/mol. The van der Waals surface area contributed by atoms with Crippen molar-refractivity contribution in [2.45, 2.75) is 25.9 Å². The fourth-order valence-corrected chi connectivity index (χ4v) is 3.57. The molecule has 2 aliphatic rings. The summed E-state index contributed by atoms with van der Waals surface area (Å²) < 4.78 is 19.7. The third-order valence-corrected chi connectivity index (χ3v) is 5.26. The highest BCUT2D eigenvalue weighted by molar-refractivity contribution is 6.07. The van der Waals surface area contributed by atoms with Crippen molar-refractivity contribution in [2.24, 2.45) is 11.0 Å². The van der Waals surface area contributed by atoms with Crippen LogP contribution in [0.5, 0.6) is 5.75 Å². The lowest BCUT2D eigenvalue weighted by Gasteiger charge is -2.32. The molecule has 2 heterocycles. The van der Waals surface area contributed by atoms with Crippen molar-refractivity contribution in [1.29, 1.82) is 0 Å². The second-order valence-corrected chi connectivity index (χ2v) is 7.23. The maximum atomic E-state index is 13.9. The SMILES string of the molecule is CC(C)N(C)C(=O)N1N=C2c3cc(F)ccc3OC[C@@H]2[C@H]1c1ccccc1. The minimum atomic E-state index is -0.346. The fraction of sp³-hybridized carbons (Fsp3) is 0.333. The lowest BCUT2D eigenvalue weighted by Crippen LogP contribution is -2.43. The molecule has 2 aromatic rings. The number of fused-ring (bicyclic) bond motifs is 3. The summed E-state index contributed by atoms with van der Waals surface area (Å²) in [5.41, 5.74) is 2.31. The number of halogens is 1. The lowest BCUT2D eigenvalue weighted by molar-refractivity contribution is 0.125. The van der Waals surface area contributed by atoms with Crippen molar-refractivity contribution in [3.8, 4) is 5.75 Å². The van der Waals surface area contributed by atoms with Gasteiger partial charge in [0.25, 0.3) is 0 Å². The van der Waals surface area contributed by atoms with Crippen molar-refractivity contribution >= 4 is 11.7 Å². The smallest absolute Gasteiger partial charge is 0.341 e. The van der Waals surface area contributed by atoms with Gasteiger partial charge in [-0.25, -0.2) is 14.2 Å². The van der Waals surface area contributed by atoms with Gasteiger partial charge in [-0.1, -0.05) is 30.3 Å². The molecule has 2 aromatic carbocycles. The number of amides is 2.